The number of imidazole rings is 1. The molecule has 7 heteroatoms. The Kier molecular flexibility index (Phi) is 4.14. The SMILES string of the molecule is O=c1[nH]c2ncccc2n1-c1cccc(N2CCNC[C@H]2c2ccccc2)n1. The molecule has 1 aliphatic rings. The first-order valence-electron chi connectivity index (χ1n) is 9.37. The van der Waals surface area contributed by atoms with Crippen LogP contribution in [0.4, 0.5) is 5.82 Å². The Balaban J connectivity index is 1.58. The molecule has 4 aromatic rings. The summed E-state index contributed by atoms with van der Waals surface area (Å²) in [7, 11) is 0. The number of nitrogens with one attached hydrogen (secondary N) is 2. The summed E-state index contributed by atoms with van der Waals surface area (Å²) < 4.78 is 1.57. The minimum absolute atomic E-state index is 0.194. The lowest BCUT2D eigenvalue weighted by Gasteiger charge is -2.37. The molecule has 0 unspecified atom stereocenters. The van der Waals surface area contributed by atoms with Gasteiger partial charge in [0.25, 0.3) is 0 Å². The van der Waals surface area contributed by atoms with Gasteiger partial charge in [0.05, 0.1) is 11.6 Å². The fourth-order valence-corrected chi connectivity index (χ4v) is 3.82. The summed E-state index contributed by atoms with van der Waals surface area (Å²) in [6.45, 7) is 2.60. The third kappa shape index (κ3) is 2.86. The van der Waals surface area contributed by atoms with Crippen LogP contribution in [0.2, 0.25) is 0 Å². The Morgan fingerprint density at radius 1 is 0.964 bits per heavy atom. The Labute approximate surface area is 161 Å². The number of aromatic amines is 1. The molecule has 0 aliphatic carbocycles. The molecule has 28 heavy (non-hydrogen) atoms. The van der Waals surface area contributed by atoms with Crippen molar-refractivity contribution in [2.45, 2.75) is 6.04 Å². The van der Waals surface area contributed by atoms with Crippen molar-refractivity contribution >= 4 is 17.0 Å². The molecule has 1 atom stereocenters. The molecule has 5 rings (SSSR count). The van der Waals surface area contributed by atoms with Gasteiger partial charge in [0.15, 0.2) is 5.65 Å². The molecule has 0 saturated carbocycles. The monoisotopic (exact) mass is 372 g/mol. The Hall–Kier alpha value is -3.45. The maximum absolute atomic E-state index is 12.5. The van der Waals surface area contributed by atoms with E-state index in [0.29, 0.717) is 11.5 Å². The Morgan fingerprint density at radius 3 is 2.71 bits per heavy atom. The normalized spacial score (nSPS) is 17.1. The first-order chi connectivity index (χ1) is 13.8. The molecule has 1 fully saturated rings. The van der Waals surface area contributed by atoms with Crippen LogP contribution in [-0.4, -0.2) is 39.2 Å². The van der Waals surface area contributed by atoms with Crippen molar-refractivity contribution in [2.75, 3.05) is 24.5 Å². The summed E-state index contributed by atoms with van der Waals surface area (Å²) in [4.78, 5) is 26.7. The lowest BCUT2D eigenvalue weighted by molar-refractivity contribution is 0.486. The van der Waals surface area contributed by atoms with Gasteiger partial charge in [-0.2, -0.15) is 0 Å². The van der Waals surface area contributed by atoms with Crippen molar-refractivity contribution in [3.63, 3.8) is 0 Å². The quantitative estimate of drug-likeness (QED) is 0.577. The average molecular weight is 372 g/mol. The van der Waals surface area contributed by atoms with Crippen LogP contribution in [0.5, 0.6) is 0 Å². The van der Waals surface area contributed by atoms with E-state index < -0.39 is 0 Å². The highest BCUT2D eigenvalue weighted by molar-refractivity contribution is 5.72. The van der Waals surface area contributed by atoms with Gasteiger partial charge >= 0.3 is 5.69 Å². The fraction of sp³-hybridized carbons (Fsp3) is 0.190. The second kappa shape index (κ2) is 6.94. The molecular weight excluding hydrogens is 352 g/mol. The number of rotatable bonds is 3. The summed E-state index contributed by atoms with van der Waals surface area (Å²) >= 11 is 0. The molecule has 0 amide bonds. The number of nitrogens with zero attached hydrogens (tertiary/aromatic N) is 4. The van der Waals surface area contributed by atoms with Crippen molar-refractivity contribution in [3.05, 3.63) is 82.9 Å². The Bertz CT molecular complexity index is 1170. The summed E-state index contributed by atoms with van der Waals surface area (Å²) in [5, 5.41) is 3.47. The first kappa shape index (κ1) is 16.7. The molecule has 2 N–H and O–H groups in total. The van der Waals surface area contributed by atoms with Gasteiger partial charge in [-0.05, 0) is 29.8 Å². The zero-order valence-electron chi connectivity index (χ0n) is 15.2. The number of aromatic nitrogens is 4. The number of benzene rings is 1. The van der Waals surface area contributed by atoms with Crippen molar-refractivity contribution in [1.29, 1.82) is 0 Å². The smallest absolute Gasteiger partial charge is 0.333 e. The summed E-state index contributed by atoms with van der Waals surface area (Å²) in [6, 6.07) is 20.1. The van der Waals surface area contributed by atoms with Gasteiger partial charge in [0, 0.05) is 25.8 Å². The molecule has 0 bridgehead atoms. The molecule has 4 heterocycles. The molecule has 7 nitrogen and oxygen atoms in total. The zero-order valence-corrected chi connectivity index (χ0v) is 15.2. The van der Waals surface area contributed by atoms with Gasteiger partial charge in [0.1, 0.15) is 11.6 Å². The minimum atomic E-state index is -0.238. The van der Waals surface area contributed by atoms with E-state index in [4.69, 9.17) is 4.98 Å². The van der Waals surface area contributed by atoms with Crippen LogP contribution in [0, 0.1) is 0 Å². The second-order valence-electron chi connectivity index (χ2n) is 6.81. The number of pyridine rings is 2. The third-order valence-electron chi connectivity index (χ3n) is 5.13. The van der Waals surface area contributed by atoms with Gasteiger partial charge in [0.2, 0.25) is 0 Å². The van der Waals surface area contributed by atoms with Gasteiger partial charge in [-0.1, -0.05) is 36.4 Å². The van der Waals surface area contributed by atoms with E-state index >= 15 is 0 Å². The maximum Gasteiger partial charge on any atom is 0.333 e. The molecular formula is C21H20N6O. The van der Waals surface area contributed by atoms with Crippen LogP contribution in [0.1, 0.15) is 11.6 Å². The summed E-state index contributed by atoms with van der Waals surface area (Å²) in [6.07, 6.45) is 1.66. The number of hydrogen-bond acceptors (Lipinski definition) is 5. The number of hydrogen-bond donors (Lipinski definition) is 2. The summed E-state index contributed by atoms with van der Waals surface area (Å²) in [5.74, 6) is 1.45. The van der Waals surface area contributed by atoms with Gasteiger partial charge in [-0.25, -0.2) is 19.3 Å². The van der Waals surface area contributed by atoms with Crippen LogP contribution in [0.3, 0.4) is 0 Å². The van der Waals surface area contributed by atoms with Gasteiger partial charge < -0.3 is 10.2 Å². The van der Waals surface area contributed by atoms with Crippen molar-refractivity contribution < 1.29 is 0 Å². The van der Waals surface area contributed by atoms with Crippen LogP contribution in [0.25, 0.3) is 17.0 Å². The highest BCUT2D eigenvalue weighted by Crippen LogP contribution is 2.27. The van der Waals surface area contributed by atoms with Crippen molar-refractivity contribution in [1.82, 2.24) is 24.8 Å². The van der Waals surface area contributed by atoms with E-state index in [-0.39, 0.29) is 11.7 Å². The molecule has 0 radical (unpaired) electrons. The lowest BCUT2D eigenvalue weighted by atomic mass is 10.0. The van der Waals surface area contributed by atoms with E-state index in [2.05, 4.69) is 44.5 Å². The third-order valence-corrected chi connectivity index (χ3v) is 5.13. The molecule has 140 valence electrons. The van der Waals surface area contributed by atoms with Crippen LogP contribution in [-0.2, 0) is 0 Å². The lowest BCUT2D eigenvalue weighted by Crippen LogP contribution is -2.46. The molecule has 3 aromatic heterocycles. The van der Waals surface area contributed by atoms with Crippen LogP contribution >= 0.6 is 0 Å². The Morgan fingerprint density at radius 2 is 1.82 bits per heavy atom. The second-order valence-corrected chi connectivity index (χ2v) is 6.81. The number of fused-ring (bicyclic) bond motifs is 1. The van der Waals surface area contributed by atoms with E-state index in [1.54, 1.807) is 10.8 Å². The fourth-order valence-electron chi connectivity index (χ4n) is 3.82. The van der Waals surface area contributed by atoms with E-state index in [1.807, 2.05) is 36.4 Å². The van der Waals surface area contributed by atoms with E-state index in [9.17, 15) is 4.79 Å². The highest BCUT2D eigenvalue weighted by Gasteiger charge is 2.25. The van der Waals surface area contributed by atoms with Crippen molar-refractivity contribution in [2.24, 2.45) is 0 Å². The summed E-state index contributed by atoms with van der Waals surface area (Å²) in [5.41, 5.74) is 2.29. The zero-order chi connectivity index (χ0) is 18.9. The van der Waals surface area contributed by atoms with E-state index in [0.717, 1.165) is 31.0 Å². The molecule has 1 aromatic carbocycles. The van der Waals surface area contributed by atoms with Crippen LogP contribution in [0.15, 0.2) is 71.7 Å². The van der Waals surface area contributed by atoms with Gasteiger partial charge in [-0.15, -0.1) is 0 Å². The predicted molar refractivity (Wildman–Crippen MR) is 109 cm³/mol. The minimum Gasteiger partial charge on any atom is -0.347 e. The largest absolute Gasteiger partial charge is 0.347 e. The van der Waals surface area contributed by atoms with Gasteiger partial charge in [-0.3, -0.25) is 4.98 Å². The molecule has 0 spiro atoms. The van der Waals surface area contributed by atoms with Crippen LogP contribution < -0.4 is 15.9 Å². The number of piperazine rings is 1. The first-order valence-corrected chi connectivity index (χ1v) is 9.37. The standard InChI is InChI=1S/C21H20N6O/c28-21-25-20-16(8-5-11-23-20)27(21)19-10-4-9-18(24-19)26-13-12-22-14-17(26)15-6-2-1-3-7-15/h1-11,17,22H,12-14H2,(H,23,25,28)/t17-/m0/s1. The number of anilines is 1. The van der Waals surface area contributed by atoms with E-state index in [1.165, 1.54) is 5.56 Å². The van der Waals surface area contributed by atoms with Crippen molar-refractivity contribution in [3.8, 4) is 5.82 Å². The highest BCUT2D eigenvalue weighted by atomic mass is 16.1. The molecule has 1 saturated heterocycles. The molecule has 1 aliphatic heterocycles. The number of H-pyrrole nitrogens is 1. The predicted octanol–water partition coefficient (Wildman–Crippen LogP) is 2.26. The topological polar surface area (TPSA) is 78.8 Å². The maximum atomic E-state index is 12.5. The average Bonchev–Trinajstić information content (AvgIpc) is 3.10.